The molecule has 0 aliphatic carbocycles. The molecule has 1 amide bonds. The molecule has 0 heterocycles. The molecular weight excluding hydrogens is 261 g/mol. The molecule has 0 aliphatic rings. The van der Waals surface area contributed by atoms with Crippen LogP contribution in [0.15, 0.2) is 24.3 Å². The zero-order valence-electron chi connectivity index (χ0n) is 8.71. The van der Waals surface area contributed by atoms with E-state index in [1.807, 2.05) is 0 Å². The second-order valence-corrected chi connectivity index (χ2v) is 4.60. The van der Waals surface area contributed by atoms with Gasteiger partial charge in [0.1, 0.15) is 5.82 Å². The van der Waals surface area contributed by atoms with Crippen LogP contribution in [0.5, 0.6) is 0 Å². The molecule has 2 nitrogen and oxygen atoms in total. The van der Waals surface area contributed by atoms with Crippen molar-refractivity contribution in [1.82, 2.24) is 4.90 Å². The predicted molar refractivity (Wildman–Crippen MR) is 61.5 cm³/mol. The molecule has 82 valence electrons. The van der Waals surface area contributed by atoms with Gasteiger partial charge in [0.15, 0.2) is 0 Å². The van der Waals surface area contributed by atoms with Gasteiger partial charge in [-0.2, -0.15) is 0 Å². The van der Waals surface area contributed by atoms with Crippen molar-refractivity contribution >= 4 is 21.8 Å². The number of hydrogen-bond donors (Lipinski definition) is 0. The molecule has 0 saturated heterocycles. The van der Waals surface area contributed by atoms with Gasteiger partial charge in [0.25, 0.3) is 0 Å². The molecule has 0 saturated carbocycles. The van der Waals surface area contributed by atoms with E-state index in [9.17, 15) is 9.18 Å². The van der Waals surface area contributed by atoms with Gasteiger partial charge in [-0.15, -0.1) is 0 Å². The van der Waals surface area contributed by atoms with Gasteiger partial charge in [-0.1, -0.05) is 34.1 Å². The summed E-state index contributed by atoms with van der Waals surface area (Å²) in [6, 6.07) is 6.48. The van der Waals surface area contributed by atoms with E-state index in [-0.39, 0.29) is 16.6 Å². The summed E-state index contributed by atoms with van der Waals surface area (Å²) in [5.74, 6) is -0.327. The second-order valence-electron chi connectivity index (χ2n) is 3.50. The van der Waals surface area contributed by atoms with Crippen molar-refractivity contribution in [3.8, 4) is 0 Å². The molecule has 15 heavy (non-hydrogen) atoms. The molecule has 0 radical (unpaired) electrons. The van der Waals surface area contributed by atoms with Crippen molar-refractivity contribution in [2.24, 2.45) is 0 Å². The van der Waals surface area contributed by atoms with Crippen LogP contribution in [0.4, 0.5) is 4.39 Å². The average molecular weight is 274 g/mol. The third kappa shape index (κ3) is 3.30. The minimum Gasteiger partial charge on any atom is -0.348 e. The zero-order valence-corrected chi connectivity index (χ0v) is 10.3. The lowest BCUT2D eigenvalue weighted by Gasteiger charge is -2.15. The van der Waals surface area contributed by atoms with Crippen LogP contribution in [-0.2, 0) is 11.2 Å². The lowest BCUT2D eigenvalue weighted by atomic mass is 10.1. The Labute approximate surface area is 97.2 Å². The van der Waals surface area contributed by atoms with Crippen LogP contribution in [0.25, 0.3) is 0 Å². The zero-order chi connectivity index (χ0) is 11.4. The highest BCUT2D eigenvalue weighted by atomic mass is 79.9. The van der Waals surface area contributed by atoms with Gasteiger partial charge < -0.3 is 4.90 Å². The predicted octanol–water partition coefficient (Wildman–Crippen LogP) is 2.22. The number of alkyl halides is 1. The average Bonchev–Trinajstić information content (AvgIpc) is 2.20. The first-order chi connectivity index (χ1) is 7.02. The summed E-state index contributed by atoms with van der Waals surface area (Å²) in [5.41, 5.74) is 0.551. The molecule has 4 heteroatoms. The Morgan fingerprint density at radius 3 is 2.60 bits per heavy atom. The quantitative estimate of drug-likeness (QED) is 0.774. The van der Waals surface area contributed by atoms with E-state index >= 15 is 0 Å². The summed E-state index contributed by atoms with van der Waals surface area (Å²) in [6.07, 6.45) is 0.365. The monoisotopic (exact) mass is 273 g/mol. The Kier molecular flexibility index (Phi) is 4.27. The number of rotatable bonds is 3. The largest absolute Gasteiger partial charge is 0.348 e. The molecule has 0 N–H and O–H groups in total. The molecule has 0 bridgehead atoms. The number of benzene rings is 1. The minimum absolute atomic E-state index is 0.0572. The molecule has 1 atom stereocenters. The van der Waals surface area contributed by atoms with Gasteiger partial charge in [0.2, 0.25) is 5.91 Å². The number of amides is 1. The fourth-order valence-corrected chi connectivity index (χ4v) is 1.98. The summed E-state index contributed by atoms with van der Waals surface area (Å²) in [7, 11) is 3.36. The maximum Gasteiger partial charge on any atom is 0.236 e. The van der Waals surface area contributed by atoms with Gasteiger partial charge in [-0.05, 0) is 18.1 Å². The standard InChI is InChI=1S/C11H13BrFNO/c1-14(2)11(15)9(12)7-8-5-3-4-6-10(8)13/h3-6,9H,7H2,1-2H3. The lowest BCUT2D eigenvalue weighted by Crippen LogP contribution is -2.31. The van der Waals surface area contributed by atoms with Crippen molar-refractivity contribution in [1.29, 1.82) is 0 Å². The fourth-order valence-electron chi connectivity index (χ4n) is 1.22. The summed E-state index contributed by atoms with van der Waals surface area (Å²) in [5, 5.41) is 0. The van der Waals surface area contributed by atoms with Gasteiger partial charge in [0, 0.05) is 14.1 Å². The number of nitrogens with zero attached hydrogens (tertiary/aromatic N) is 1. The van der Waals surface area contributed by atoms with E-state index in [0.29, 0.717) is 12.0 Å². The van der Waals surface area contributed by atoms with Crippen molar-refractivity contribution in [2.75, 3.05) is 14.1 Å². The highest BCUT2D eigenvalue weighted by Gasteiger charge is 2.18. The first-order valence-electron chi connectivity index (χ1n) is 4.61. The number of carbonyl (C=O) groups is 1. The maximum absolute atomic E-state index is 13.3. The Balaban J connectivity index is 2.71. The highest BCUT2D eigenvalue weighted by molar-refractivity contribution is 9.10. The van der Waals surface area contributed by atoms with Gasteiger partial charge in [0.05, 0.1) is 4.83 Å². The van der Waals surface area contributed by atoms with E-state index in [0.717, 1.165) is 0 Å². The molecule has 1 unspecified atom stereocenters. The first kappa shape index (κ1) is 12.2. The van der Waals surface area contributed by atoms with Crippen molar-refractivity contribution in [3.05, 3.63) is 35.6 Å². The van der Waals surface area contributed by atoms with Crippen LogP contribution < -0.4 is 0 Å². The number of hydrogen-bond acceptors (Lipinski definition) is 1. The summed E-state index contributed by atoms with van der Waals surface area (Å²) >= 11 is 3.26. The fraction of sp³-hybridized carbons (Fsp3) is 0.364. The minimum atomic E-state index is -0.371. The number of carbonyl (C=O) groups excluding carboxylic acids is 1. The van der Waals surface area contributed by atoms with Gasteiger partial charge >= 0.3 is 0 Å². The van der Waals surface area contributed by atoms with Crippen LogP contribution >= 0.6 is 15.9 Å². The van der Waals surface area contributed by atoms with Crippen molar-refractivity contribution in [3.63, 3.8) is 0 Å². The highest BCUT2D eigenvalue weighted by Crippen LogP contribution is 2.14. The van der Waals surface area contributed by atoms with Crippen molar-refractivity contribution < 1.29 is 9.18 Å². The molecular formula is C11H13BrFNO. The van der Waals surface area contributed by atoms with Crippen LogP contribution in [0.3, 0.4) is 0 Å². The Bertz CT molecular complexity index is 354. The van der Waals surface area contributed by atoms with E-state index in [1.54, 1.807) is 32.3 Å². The second kappa shape index (κ2) is 5.26. The molecule has 1 rings (SSSR count). The SMILES string of the molecule is CN(C)C(=O)C(Br)Cc1ccccc1F. The molecule has 1 aromatic rings. The first-order valence-corrected chi connectivity index (χ1v) is 5.52. The Morgan fingerprint density at radius 2 is 2.07 bits per heavy atom. The third-order valence-corrected chi connectivity index (χ3v) is 2.78. The smallest absolute Gasteiger partial charge is 0.236 e. The lowest BCUT2D eigenvalue weighted by molar-refractivity contribution is -0.127. The third-order valence-electron chi connectivity index (χ3n) is 2.07. The van der Waals surface area contributed by atoms with Crippen LogP contribution in [0.2, 0.25) is 0 Å². The molecule has 0 fully saturated rings. The summed E-state index contributed by atoms with van der Waals surface area (Å²) < 4.78 is 13.3. The van der Waals surface area contributed by atoms with Crippen LogP contribution in [0, 0.1) is 5.82 Å². The van der Waals surface area contributed by atoms with Crippen LogP contribution in [0.1, 0.15) is 5.56 Å². The summed E-state index contributed by atoms with van der Waals surface area (Å²) in [4.78, 5) is 12.6. The maximum atomic E-state index is 13.3. The normalized spacial score (nSPS) is 12.3. The molecule has 0 aromatic heterocycles. The summed E-state index contributed by atoms with van der Waals surface area (Å²) in [6.45, 7) is 0. The topological polar surface area (TPSA) is 20.3 Å². The Hall–Kier alpha value is -0.900. The van der Waals surface area contributed by atoms with E-state index < -0.39 is 0 Å². The Morgan fingerprint density at radius 1 is 1.47 bits per heavy atom. The molecule has 0 spiro atoms. The van der Waals surface area contributed by atoms with Crippen LogP contribution in [-0.4, -0.2) is 29.7 Å². The van der Waals surface area contributed by atoms with E-state index in [4.69, 9.17) is 0 Å². The molecule has 0 aliphatic heterocycles. The van der Waals surface area contributed by atoms with E-state index in [1.165, 1.54) is 11.0 Å². The van der Waals surface area contributed by atoms with E-state index in [2.05, 4.69) is 15.9 Å². The van der Waals surface area contributed by atoms with Gasteiger partial charge in [-0.25, -0.2) is 4.39 Å². The number of halogens is 2. The van der Waals surface area contributed by atoms with Crippen molar-refractivity contribution in [2.45, 2.75) is 11.2 Å². The van der Waals surface area contributed by atoms with Gasteiger partial charge in [-0.3, -0.25) is 4.79 Å². The molecule has 1 aromatic carbocycles.